The van der Waals surface area contributed by atoms with Crippen LogP contribution in [0.3, 0.4) is 0 Å². The van der Waals surface area contributed by atoms with Gasteiger partial charge in [-0.05, 0) is 24.8 Å². The van der Waals surface area contributed by atoms with Crippen molar-refractivity contribution in [1.29, 1.82) is 5.26 Å². The number of anilines is 1. The normalized spacial score (nSPS) is 11.9. The predicted octanol–water partition coefficient (Wildman–Crippen LogP) is 2.43. The first-order valence-corrected chi connectivity index (χ1v) is 6.52. The van der Waals surface area contributed by atoms with E-state index in [1.807, 2.05) is 24.5 Å². The summed E-state index contributed by atoms with van der Waals surface area (Å²) in [5, 5.41) is 12.3. The second kappa shape index (κ2) is 6.41. The molecule has 1 atom stereocenters. The van der Waals surface area contributed by atoms with E-state index in [2.05, 4.69) is 18.3 Å². The highest BCUT2D eigenvalue weighted by molar-refractivity contribution is 7.98. The second-order valence-corrected chi connectivity index (χ2v) is 4.39. The third kappa shape index (κ3) is 3.16. The molecule has 1 aromatic rings. The molecule has 1 aromatic carbocycles. The van der Waals surface area contributed by atoms with E-state index in [4.69, 9.17) is 11.0 Å². The zero-order chi connectivity index (χ0) is 12.0. The number of nitriles is 1. The van der Waals surface area contributed by atoms with Crippen LogP contribution < -0.4 is 11.1 Å². The van der Waals surface area contributed by atoms with Crippen molar-refractivity contribution < 1.29 is 0 Å². The lowest BCUT2D eigenvalue weighted by Gasteiger charge is -2.13. The Labute approximate surface area is 101 Å². The highest BCUT2D eigenvalue weighted by atomic mass is 32.2. The molecule has 0 fully saturated rings. The molecule has 0 saturated carbocycles. The lowest BCUT2D eigenvalue weighted by molar-refractivity contribution is 0.679. The van der Waals surface area contributed by atoms with Crippen molar-refractivity contribution in [3.63, 3.8) is 0 Å². The minimum atomic E-state index is 0.129. The molecule has 16 heavy (non-hydrogen) atoms. The van der Waals surface area contributed by atoms with Gasteiger partial charge in [-0.15, -0.1) is 11.8 Å². The Kier molecular flexibility index (Phi) is 5.17. The van der Waals surface area contributed by atoms with Crippen molar-refractivity contribution in [3.8, 4) is 6.07 Å². The van der Waals surface area contributed by atoms with Crippen molar-refractivity contribution in [3.05, 3.63) is 23.8 Å². The number of nitrogens with one attached hydrogen (secondary N) is 1. The fourth-order valence-corrected chi connectivity index (χ4v) is 1.92. The summed E-state index contributed by atoms with van der Waals surface area (Å²) in [4.78, 5) is 0.998. The van der Waals surface area contributed by atoms with Crippen molar-refractivity contribution in [2.24, 2.45) is 5.73 Å². The summed E-state index contributed by atoms with van der Waals surface area (Å²) in [5.41, 5.74) is 7.41. The lowest BCUT2D eigenvalue weighted by atomic mass is 10.1. The average molecular weight is 235 g/mol. The van der Waals surface area contributed by atoms with Gasteiger partial charge >= 0.3 is 0 Å². The smallest absolute Gasteiger partial charge is 0.102 e. The van der Waals surface area contributed by atoms with Crippen molar-refractivity contribution in [1.82, 2.24) is 0 Å². The fourth-order valence-electron chi connectivity index (χ4n) is 1.35. The van der Waals surface area contributed by atoms with Crippen LogP contribution in [0, 0.1) is 11.3 Å². The maximum atomic E-state index is 9.12. The lowest BCUT2D eigenvalue weighted by Crippen LogP contribution is -2.28. The van der Waals surface area contributed by atoms with Gasteiger partial charge < -0.3 is 11.1 Å². The van der Waals surface area contributed by atoms with Crippen LogP contribution in [0.2, 0.25) is 0 Å². The Morgan fingerprint density at radius 3 is 2.88 bits per heavy atom. The number of rotatable bonds is 5. The summed E-state index contributed by atoms with van der Waals surface area (Å²) in [6, 6.07) is 8.18. The Bertz CT molecular complexity index is 384. The van der Waals surface area contributed by atoms with Crippen molar-refractivity contribution in [2.45, 2.75) is 24.3 Å². The molecule has 0 heterocycles. The van der Waals surface area contributed by atoms with Crippen LogP contribution in [-0.4, -0.2) is 18.8 Å². The first kappa shape index (κ1) is 12.9. The van der Waals surface area contributed by atoms with E-state index < -0.39 is 0 Å². The Hall–Kier alpha value is -1.18. The maximum Gasteiger partial charge on any atom is 0.102 e. The molecule has 0 aliphatic heterocycles. The van der Waals surface area contributed by atoms with Gasteiger partial charge in [0.15, 0.2) is 0 Å². The van der Waals surface area contributed by atoms with E-state index >= 15 is 0 Å². The van der Waals surface area contributed by atoms with Crippen LogP contribution in [0.15, 0.2) is 23.1 Å². The Morgan fingerprint density at radius 2 is 2.31 bits per heavy atom. The molecule has 1 rings (SSSR count). The van der Waals surface area contributed by atoms with E-state index in [0.717, 1.165) is 17.0 Å². The van der Waals surface area contributed by atoms with E-state index in [0.29, 0.717) is 12.1 Å². The Balaban J connectivity index is 2.84. The molecule has 0 radical (unpaired) electrons. The van der Waals surface area contributed by atoms with Crippen LogP contribution in [0.1, 0.15) is 18.9 Å². The second-order valence-electron chi connectivity index (χ2n) is 3.54. The van der Waals surface area contributed by atoms with Gasteiger partial charge in [0, 0.05) is 17.5 Å². The number of nitrogens with zero attached hydrogens (tertiary/aromatic N) is 1. The zero-order valence-corrected chi connectivity index (χ0v) is 10.5. The molecular weight excluding hydrogens is 218 g/mol. The maximum absolute atomic E-state index is 9.12. The summed E-state index contributed by atoms with van der Waals surface area (Å²) in [6.45, 7) is 2.75. The van der Waals surface area contributed by atoms with Gasteiger partial charge in [-0.25, -0.2) is 0 Å². The number of thioether (sulfide) groups is 1. The SMILES string of the molecule is CCC(N)CNc1cccc(SC)c1C#N. The van der Waals surface area contributed by atoms with Crippen molar-refractivity contribution >= 4 is 17.4 Å². The topological polar surface area (TPSA) is 61.8 Å². The molecule has 1 unspecified atom stereocenters. The molecule has 0 saturated heterocycles. The van der Waals surface area contributed by atoms with Crippen LogP contribution >= 0.6 is 11.8 Å². The average Bonchev–Trinajstić information content (AvgIpc) is 2.34. The first-order valence-electron chi connectivity index (χ1n) is 5.29. The van der Waals surface area contributed by atoms with Crippen LogP contribution in [0.25, 0.3) is 0 Å². The van der Waals surface area contributed by atoms with Gasteiger partial charge in [-0.2, -0.15) is 5.26 Å². The highest BCUT2D eigenvalue weighted by Gasteiger charge is 2.07. The summed E-state index contributed by atoms with van der Waals surface area (Å²) in [7, 11) is 0. The van der Waals surface area contributed by atoms with E-state index in [1.54, 1.807) is 11.8 Å². The third-order valence-electron chi connectivity index (χ3n) is 2.44. The standard InChI is InChI=1S/C12H17N3S/c1-3-9(14)8-15-11-5-4-6-12(16-2)10(11)7-13/h4-6,9,15H,3,8,14H2,1-2H3. The Morgan fingerprint density at radius 1 is 1.56 bits per heavy atom. The molecule has 86 valence electrons. The number of hydrogen-bond acceptors (Lipinski definition) is 4. The van der Waals surface area contributed by atoms with Gasteiger partial charge in [0.05, 0.1) is 11.3 Å². The molecule has 0 amide bonds. The minimum Gasteiger partial charge on any atom is -0.382 e. The summed E-state index contributed by atoms with van der Waals surface area (Å²) in [6.07, 6.45) is 2.90. The monoisotopic (exact) mass is 235 g/mol. The molecule has 0 aliphatic rings. The third-order valence-corrected chi connectivity index (χ3v) is 3.22. The molecule has 0 aromatic heterocycles. The molecule has 3 nitrogen and oxygen atoms in total. The minimum absolute atomic E-state index is 0.129. The van der Waals surface area contributed by atoms with Crippen LogP contribution in [0.5, 0.6) is 0 Å². The predicted molar refractivity (Wildman–Crippen MR) is 69.7 cm³/mol. The quantitative estimate of drug-likeness (QED) is 0.769. The molecule has 0 spiro atoms. The molecule has 0 aliphatic carbocycles. The number of benzene rings is 1. The van der Waals surface area contributed by atoms with Gasteiger partial charge in [-0.1, -0.05) is 13.0 Å². The largest absolute Gasteiger partial charge is 0.382 e. The van der Waals surface area contributed by atoms with Gasteiger partial charge in [0.2, 0.25) is 0 Å². The number of hydrogen-bond donors (Lipinski definition) is 2. The molecule has 4 heteroatoms. The van der Waals surface area contributed by atoms with Crippen LogP contribution in [0.4, 0.5) is 5.69 Å². The van der Waals surface area contributed by atoms with Crippen molar-refractivity contribution in [2.75, 3.05) is 18.1 Å². The molecular formula is C12H17N3S. The number of nitrogens with two attached hydrogens (primary N) is 1. The fraction of sp³-hybridized carbons (Fsp3) is 0.417. The molecule has 0 bridgehead atoms. The summed E-state index contributed by atoms with van der Waals surface area (Å²) < 4.78 is 0. The molecule has 3 N–H and O–H groups in total. The van der Waals surface area contributed by atoms with E-state index in [1.165, 1.54) is 0 Å². The van der Waals surface area contributed by atoms with E-state index in [9.17, 15) is 0 Å². The van der Waals surface area contributed by atoms with Crippen LogP contribution in [-0.2, 0) is 0 Å². The zero-order valence-electron chi connectivity index (χ0n) is 9.66. The first-order chi connectivity index (χ1) is 7.72. The highest BCUT2D eigenvalue weighted by Crippen LogP contribution is 2.26. The summed E-state index contributed by atoms with van der Waals surface area (Å²) in [5.74, 6) is 0. The summed E-state index contributed by atoms with van der Waals surface area (Å²) >= 11 is 1.58. The van der Waals surface area contributed by atoms with E-state index in [-0.39, 0.29) is 6.04 Å². The van der Waals surface area contributed by atoms with Gasteiger partial charge in [0.1, 0.15) is 6.07 Å². The van der Waals surface area contributed by atoms with Gasteiger partial charge in [0.25, 0.3) is 0 Å². The van der Waals surface area contributed by atoms with Gasteiger partial charge in [-0.3, -0.25) is 0 Å².